The van der Waals surface area contributed by atoms with Gasteiger partial charge < -0.3 is 24.9 Å². The zero-order chi connectivity index (χ0) is 22.4. The summed E-state index contributed by atoms with van der Waals surface area (Å²) in [6, 6.07) is 9.35. The number of nitrogens with one attached hydrogen (secondary N) is 1. The molecule has 0 aliphatic carbocycles. The van der Waals surface area contributed by atoms with Gasteiger partial charge in [-0.2, -0.15) is 0 Å². The normalized spacial score (nSPS) is 11.7. The van der Waals surface area contributed by atoms with Gasteiger partial charge in [0.15, 0.2) is 11.6 Å². The highest BCUT2D eigenvalue weighted by atomic mass is 19.1. The first kappa shape index (κ1) is 22.0. The van der Waals surface area contributed by atoms with E-state index in [2.05, 4.69) is 5.32 Å². The van der Waals surface area contributed by atoms with Gasteiger partial charge in [0.25, 0.3) is 0 Å². The van der Waals surface area contributed by atoms with Gasteiger partial charge >= 0.3 is 5.97 Å². The molecule has 0 saturated heterocycles. The number of carbonyl (C=O) groups is 2. The molecule has 3 N–H and O–H groups in total. The summed E-state index contributed by atoms with van der Waals surface area (Å²) < 4.78 is 29.7. The van der Waals surface area contributed by atoms with E-state index in [1.165, 1.54) is 36.4 Å². The Morgan fingerprint density at radius 2 is 1.97 bits per heavy atom. The predicted molar refractivity (Wildman–Crippen MR) is 110 cm³/mol. The minimum atomic E-state index is -0.614. The summed E-state index contributed by atoms with van der Waals surface area (Å²) in [6.45, 7) is 1.86. The van der Waals surface area contributed by atoms with E-state index in [9.17, 15) is 18.8 Å². The second kappa shape index (κ2) is 9.86. The molecule has 0 fully saturated rings. The molecule has 1 amide bonds. The summed E-state index contributed by atoms with van der Waals surface area (Å²) in [5.74, 6) is -1.48. The van der Waals surface area contributed by atoms with Gasteiger partial charge in [-0.3, -0.25) is 14.4 Å². The number of hydrogen-bond acceptors (Lipinski definition) is 7. The molecule has 0 bridgehead atoms. The summed E-state index contributed by atoms with van der Waals surface area (Å²) in [7, 11) is 0. The minimum Gasteiger partial charge on any atom is -0.460 e. The molecule has 162 valence electrons. The molecule has 0 aliphatic rings. The van der Waals surface area contributed by atoms with Crippen LogP contribution in [0.15, 0.2) is 57.9 Å². The van der Waals surface area contributed by atoms with Crippen molar-refractivity contribution in [1.82, 2.24) is 5.32 Å². The quantitative estimate of drug-likeness (QED) is 0.321. The van der Waals surface area contributed by atoms with Crippen LogP contribution in [0, 0.1) is 5.82 Å². The van der Waals surface area contributed by atoms with Crippen LogP contribution in [0.25, 0.3) is 11.0 Å². The summed E-state index contributed by atoms with van der Waals surface area (Å²) in [5, 5.41) is 2.79. The Hall–Kier alpha value is -3.72. The molecule has 0 spiro atoms. The van der Waals surface area contributed by atoms with Crippen LogP contribution >= 0.6 is 0 Å². The van der Waals surface area contributed by atoms with Crippen molar-refractivity contribution >= 4 is 22.8 Å². The summed E-state index contributed by atoms with van der Waals surface area (Å²) in [4.78, 5) is 35.9. The number of amides is 1. The van der Waals surface area contributed by atoms with E-state index in [1.807, 2.05) is 0 Å². The lowest BCUT2D eigenvalue weighted by atomic mass is 10.2. The van der Waals surface area contributed by atoms with Crippen molar-refractivity contribution in [3.05, 3.63) is 64.8 Å². The average Bonchev–Trinajstić information content (AvgIpc) is 2.74. The molecule has 0 unspecified atom stereocenters. The average molecular weight is 428 g/mol. The highest BCUT2D eigenvalue weighted by molar-refractivity contribution is 5.81. The summed E-state index contributed by atoms with van der Waals surface area (Å²) >= 11 is 0. The number of benzene rings is 2. The number of rotatable bonds is 8. The highest BCUT2D eigenvalue weighted by Crippen LogP contribution is 2.25. The smallest absolute Gasteiger partial charge is 0.311 e. The topological polar surface area (TPSA) is 121 Å². The first-order chi connectivity index (χ1) is 14.8. The third-order valence-corrected chi connectivity index (χ3v) is 4.27. The van der Waals surface area contributed by atoms with Crippen molar-refractivity contribution in [1.29, 1.82) is 0 Å². The van der Waals surface area contributed by atoms with Gasteiger partial charge in [0.1, 0.15) is 17.6 Å². The van der Waals surface area contributed by atoms with E-state index in [0.29, 0.717) is 13.0 Å². The number of fused-ring (bicyclic) bond motifs is 1. The van der Waals surface area contributed by atoms with Crippen LogP contribution < -0.4 is 26.0 Å². The monoisotopic (exact) mass is 428 g/mol. The first-order valence-corrected chi connectivity index (χ1v) is 9.57. The third kappa shape index (κ3) is 5.67. The number of nitrogens with two attached hydrogens (primary N) is 1. The fourth-order valence-corrected chi connectivity index (χ4v) is 2.66. The number of ether oxygens (including phenoxy) is 2. The van der Waals surface area contributed by atoms with Crippen molar-refractivity contribution in [3.63, 3.8) is 0 Å². The van der Waals surface area contributed by atoms with Crippen LogP contribution in [-0.2, 0) is 9.59 Å². The second-order valence-corrected chi connectivity index (χ2v) is 6.78. The molecule has 2 aromatic carbocycles. The summed E-state index contributed by atoms with van der Waals surface area (Å²) in [5.41, 5.74) is 5.12. The lowest BCUT2D eigenvalue weighted by molar-refractivity contribution is -0.134. The van der Waals surface area contributed by atoms with Crippen molar-refractivity contribution in [2.24, 2.45) is 5.73 Å². The van der Waals surface area contributed by atoms with E-state index in [1.54, 1.807) is 13.0 Å². The summed E-state index contributed by atoms with van der Waals surface area (Å²) in [6.07, 6.45) is 1.54. The molecule has 1 heterocycles. The molecular weight excluding hydrogens is 407 g/mol. The van der Waals surface area contributed by atoms with Crippen LogP contribution in [0.1, 0.15) is 19.8 Å². The van der Waals surface area contributed by atoms with Crippen LogP contribution in [0.3, 0.4) is 0 Å². The van der Waals surface area contributed by atoms with Crippen LogP contribution in [-0.4, -0.2) is 24.5 Å². The Kier molecular flexibility index (Phi) is 6.99. The van der Waals surface area contributed by atoms with E-state index < -0.39 is 23.3 Å². The molecule has 9 heteroatoms. The number of para-hydroxylation sites is 1. The van der Waals surface area contributed by atoms with Crippen molar-refractivity contribution in [3.8, 4) is 17.2 Å². The van der Waals surface area contributed by atoms with Crippen LogP contribution in [0.2, 0.25) is 0 Å². The predicted octanol–water partition coefficient (Wildman–Crippen LogP) is 2.87. The Morgan fingerprint density at radius 1 is 1.19 bits per heavy atom. The van der Waals surface area contributed by atoms with Gasteiger partial charge in [0.2, 0.25) is 17.1 Å². The largest absolute Gasteiger partial charge is 0.460 e. The van der Waals surface area contributed by atoms with E-state index in [4.69, 9.17) is 19.6 Å². The number of hydrogen-bond donors (Lipinski definition) is 2. The highest BCUT2D eigenvalue weighted by Gasteiger charge is 2.13. The molecule has 1 atom stereocenters. The maximum atomic E-state index is 13.7. The Labute approximate surface area is 176 Å². The van der Waals surface area contributed by atoms with Gasteiger partial charge in [-0.05, 0) is 37.6 Å². The minimum absolute atomic E-state index is 0.0800. The first-order valence-electron chi connectivity index (χ1n) is 9.57. The molecule has 0 radical (unpaired) electrons. The molecule has 0 aliphatic heterocycles. The fourth-order valence-electron chi connectivity index (χ4n) is 2.66. The molecule has 3 aromatic rings. The Bertz CT molecular complexity index is 1160. The van der Waals surface area contributed by atoms with Crippen molar-refractivity contribution in [2.45, 2.75) is 25.8 Å². The number of carbonyl (C=O) groups excluding carboxylic acids is 2. The molecule has 31 heavy (non-hydrogen) atoms. The second-order valence-electron chi connectivity index (χ2n) is 6.78. The Morgan fingerprint density at radius 3 is 2.71 bits per heavy atom. The zero-order valence-electron chi connectivity index (χ0n) is 16.7. The molecule has 1 aromatic heterocycles. The van der Waals surface area contributed by atoms with Gasteiger partial charge in [0, 0.05) is 19.0 Å². The standard InChI is InChI=1S/C22H21FN2O6/c1-13(24)22(28)25-10-4-7-20(26)30-14-8-9-15-18(11-14)29-12-19(21(15)27)31-17-6-3-2-5-16(17)23/h2-3,5-6,8-9,11-13H,4,7,10,24H2,1H3,(H,25,28)/t13-/m1/s1. The lowest BCUT2D eigenvalue weighted by Crippen LogP contribution is -2.38. The van der Waals surface area contributed by atoms with Crippen LogP contribution in [0.4, 0.5) is 4.39 Å². The van der Waals surface area contributed by atoms with Gasteiger partial charge in [-0.1, -0.05) is 12.1 Å². The molecule has 3 rings (SSSR count). The third-order valence-electron chi connectivity index (χ3n) is 4.27. The van der Waals surface area contributed by atoms with E-state index in [-0.39, 0.29) is 40.5 Å². The van der Waals surface area contributed by atoms with Gasteiger partial charge in [-0.15, -0.1) is 0 Å². The van der Waals surface area contributed by atoms with Gasteiger partial charge in [0.05, 0.1) is 11.4 Å². The molecule has 8 nitrogen and oxygen atoms in total. The zero-order valence-corrected chi connectivity index (χ0v) is 16.7. The van der Waals surface area contributed by atoms with E-state index >= 15 is 0 Å². The Balaban J connectivity index is 1.64. The molecule has 0 saturated carbocycles. The number of halogens is 1. The van der Waals surface area contributed by atoms with Crippen molar-refractivity contribution < 1.29 is 27.9 Å². The SMILES string of the molecule is C[C@@H](N)C(=O)NCCCC(=O)Oc1ccc2c(=O)c(Oc3ccccc3F)coc2c1. The van der Waals surface area contributed by atoms with Gasteiger partial charge in [-0.25, -0.2) is 4.39 Å². The van der Waals surface area contributed by atoms with Crippen LogP contribution in [0.5, 0.6) is 17.2 Å². The maximum absolute atomic E-state index is 13.7. The fraction of sp³-hybridized carbons (Fsp3) is 0.227. The maximum Gasteiger partial charge on any atom is 0.311 e. The van der Waals surface area contributed by atoms with E-state index in [0.717, 1.165) is 6.26 Å². The van der Waals surface area contributed by atoms with Crippen molar-refractivity contribution in [2.75, 3.05) is 6.54 Å². The lowest BCUT2D eigenvalue weighted by Gasteiger charge is -2.08. The molecular formula is C22H21FN2O6. The number of esters is 1.